The normalized spacial score (nSPS) is 16.9. The van der Waals surface area contributed by atoms with Gasteiger partial charge in [0, 0.05) is 7.05 Å². The second-order valence-corrected chi connectivity index (χ2v) is 6.45. The monoisotopic (exact) mass is 315 g/mol. The molecular weight excluding hydrogens is 294 g/mol. The maximum atomic E-state index is 12.3. The van der Waals surface area contributed by atoms with Gasteiger partial charge in [-0.1, -0.05) is 24.3 Å². The number of nitrogens with one attached hydrogen (secondary N) is 1. The van der Waals surface area contributed by atoms with Crippen LogP contribution in [0.5, 0.6) is 0 Å². The van der Waals surface area contributed by atoms with Gasteiger partial charge in [-0.25, -0.2) is 4.79 Å². The minimum atomic E-state index is -0.207. The first kappa shape index (κ1) is 15.1. The summed E-state index contributed by atoms with van der Waals surface area (Å²) >= 11 is 1.59. The quantitative estimate of drug-likeness (QED) is 0.858. The molecule has 1 aromatic carbocycles. The molecule has 1 aliphatic carbocycles. The molecule has 1 atom stereocenters. The summed E-state index contributed by atoms with van der Waals surface area (Å²) in [5, 5.41) is 6.16. The van der Waals surface area contributed by atoms with Crippen LogP contribution in [-0.2, 0) is 17.6 Å². The summed E-state index contributed by atoms with van der Waals surface area (Å²) < 4.78 is 5.26. The molecule has 0 bridgehead atoms. The van der Waals surface area contributed by atoms with Gasteiger partial charge in [0.05, 0.1) is 12.2 Å². The van der Waals surface area contributed by atoms with E-state index in [0.717, 1.165) is 35.4 Å². The van der Waals surface area contributed by atoms with E-state index in [2.05, 4.69) is 35.0 Å². The lowest BCUT2D eigenvalue weighted by Gasteiger charge is -2.25. The predicted octanol–water partition coefficient (Wildman–Crippen LogP) is 4.24. The molecule has 3 nitrogen and oxygen atoms in total. The average molecular weight is 315 g/mol. The van der Waals surface area contributed by atoms with E-state index in [1.807, 2.05) is 14.0 Å². The summed E-state index contributed by atoms with van der Waals surface area (Å²) in [5.74, 6) is 0.189. The highest BCUT2D eigenvalue weighted by molar-refractivity contribution is 7.14. The third kappa shape index (κ3) is 2.75. The van der Waals surface area contributed by atoms with Gasteiger partial charge < -0.3 is 10.1 Å². The Kier molecular flexibility index (Phi) is 4.48. The SMILES string of the molecule is CCOC(=O)c1c(C2CCc3ccccc3C2)csc1NC. The topological polar surface area (TPSA) is 38.3 Å². The second-order valence-electron chi connectivity index (χ2n) is 5.57. The van der Waals surface area contributed by atoms with Gasteiger partial charge in [0.25, 0.3) is 0 Å². The van der Waals surface area contributed by atoms with Crippen molar-refractivity contribution in [1.29, 1.82) is 0 Å². The maximum Gasteiger partial charge on any atom is 0.341 e. The first-order chi connectivity index (χ1) is 10.7. The van der Waals surface area contributed by atoms with Gasteiger partial charge in [0.15, 0.2) is 0 Å². The lowest BCUT2D eigenvalue weighted by molar-refractivity contribution is 0.0526. The van der Waals surface area contributed by atoms with Crippen LogP contribution >= 0.6 is 11.3 Å². The van der Waals surface area contributed by atoms with E-state index in [1.54, 1.807) is 11.3 Å². The molecule has 0 aliphatic heterocycles. The van der Waals surface area contributed by atoms with Gasteiger partial charge in [-0.3, -0.25) is 0 Å². The number of hydrogen-bond donors (Lipinski definition) is 1. The molecule has 1 unspecified atom stereocenters. The Bertz CT molecular complexity index is 677. The zero-order chi connectivity index (χ0) is 15.5. The summed E-state index contributed by atoms with van der Waals surface area (Å²) in [6.07, 6.45) is 3.17. The number of anilines is 1. The van der Waals surface area contributed by atoms with E-state index >= 15 is 0 Å². The summed E-state index contributed by atoms with van der Waals surface area (Å²) in [4.78, 5) is 12.3. The van der Waals surface area contributed by atoms with Gasteiger partial charge in [0.1, 0.15) is 5.00 Å². The molecule has 4 heteroatoms. The number of fused-ring (bicyclic) bond motifs is 1. The molecular formula is C18H21NO2S. The van der Waals surface area contributed by atoms with E-state index in [9.17, 15) is 4.79 Å². The predicted molar refractivity (Wildman–Crippen MR) is 91.0 cm³/mol. The molecule has 22 heavy (non-hydrogen) atoms. The third-order valence-electron chi connectivity index (χ3n) is 4.31. The van der Waals surface area contributed by atoms with Gasteiger partial charge in [-0.05, 0) is 54.2 Å². The van der Waals surface area contributed by atoms with Crippen molar-refractivity contribution < 1.29 is 9.53 Å². The molecule has 0 fully saturated rings. The van der Waals surface area contributed by atoms with E-state index in [-0.39, 0.29) is 5.97 Å². The van der Waals surface area contributed by atoms with Crippen LogP contribution in [-0.4, -0.2) is 19.6 Å². The summed E-state index contributed by atoms with van der Waals surface area (Å²) in [5.41, 5.74) is 4.73. The summed E-state index contributed by atoms with van der Waals surface area (Å²) in [6, 6.07) is 8.62. The minimum Gasteiger partial charge on any atom is -0.462 e. The molecule has 1 aliphatic rings. The fourth-order valence-corrected chi connectivity index (χ4v) is 4.22. The number of esters is 1. The molecule has 3 rings (SSSR count). The number of aryl methyl sites for hydroxylation is 1. The van der Waals surface area contributed by atoms with Crippen LogP contribution in [0.3, 0.4) is 0 Å². The van der Waals surface area contributed by atoms with Crippen molar-refractivity contribution in [2.24, 2.45) is 0 Å². The Balaban J connectivity index is 1.93. The zero-order valence-corrected chi connectivity index (χ0v) is 13.8. The van der Waals surface area contributed by atoms with Crippen LogP contribution in [0.1, 0.15) is 46.3 Å². The fraction of sp³-hybridized carbons (Fsp3) is 0.389. The van der Waals surface area contributed by atoms with Crippen molar-refractivity contribution in [3.05, 3.63) is 51.9 Å². The highest BCUT2D eigenvalue weighted by Crippen LogP contribution is 2.39. The van der Waals surface area contributed by atoms with Crippen LogP contribution in [0.25, 0.3) is 0 Å². The molecule has 0 saturated heterocycles. The minimum absolute atomic E-state index is 0.207. The first-order valence-corrected chi connectivity index (χ1v) is 8.65. The first-order valence-electron chi connectivity index (χ1n) is 7.77. The van der Waals surface area contributed by atoms with Crippen molar-refractivity contribution >= 4 is 22.3 Å². The van der Waals surface area contributed by atoms with Crippen LogP contribution < -0.4 is 5.32 Å². The van der Waals surface area contributed by atoms with Crippen molar-refractivity contribution in [3.8, 4) is 0 Å². The molecule has 0 radical (unpaired) electrons. The molecule has 1 heterocycles. The Hall–Kier alpha value is -1.81. The standard InChI is InChI=1S/C18H21NO2S/c1-3-21-18(20)16-15(11-22-17(16)19-2)14-9-8-12-6-4-5-7-13(12)10-14/h4-7,11,14,19H,3,8-10H2,1-2H3. The number of hydrogen-bond acceptors (Lipinski definition) is 4. The van der Waals surface area contributed by atoms with Gasteiger partial charge in [0.2, 0.25) is 0 Å². The number of carbonyl (C=O) groups excluding carboxylic acids is 1. The number of carbonyl (C=O) groups is 1. The number of ether oxygens (including phenoxy) is 1. The molecule has 1 aromatic heterocycles. The highest BCUT2D eigenvalue weighted by atomic mass is 32.1. The summed E-state index contributed by atoms with van der Waals surface area (Å²) in [6.45, 7) is 2.25. The van der Waals surface area contributed by atoms with E-state index in [1.165, 1.54) is 11.1 Å². The van der Waals surface area contributed by atoms with E-state index in [0.29, 0.717) is 12.5 Å². The van der Waals surface area contributed by atoms with Crippen molar-refractivity contribution in [3.63, 3.8) is 0 Å². The number of rotatable bonds is 4. The summed E-state index contributed by atoms with van der Waals surface area (Å²) in [7, 11) is 1.86. The molecule has 0 amide bonds. The van der Waals surface area contributed by atoms with Gasteiger partial charge in [-0.2, -0.15) is 0 Å². The molecule has 116 valence electrons. The molecule has 1 N–H and O–H groups in total. The van der Waals surface area contributed by atoms with Crippen LogP contribution in [0.4, 0.5) is 5.00 Å². The Labute approximate surface area is 135 Å². The van der Waals surface area contributed by atoms with Crippen molar-refractivity contribution in [2.75, 3.05) is 19.0 Å². The number of thiophene rings is 1. The zero-order valence-electron chi connectivity index (χ0n) is 13.0. The highest BCUT2D eigenvalue weighted by Gasteiger charge is 2.28. The maximum absolute atomic E-state index is 12.3. The van der Waals surface area contributed by atoms with Crippen LogP contribution in [0.15, 0.2) is 29.6 Å². The smallest absolute Gasteiger partial charge is 0.341 e. The Morgan fingerprint density at radius 2 is 2.14 bits per heavy atom. The molecule has 2 aromatic rings. The van der Waals surface area contributed by atoms with Crippen molar-refractivity contribution in [1.82, 2.24) is 0 Å². The third-order valence-corrected chi connectivity index (χ3v) is 5.33. The van der Waals surface area contributed by atoms with E-state index < -0.39 is 0 Å². The second kappa shape index (κ2) is 6.53. The molecule has 0 spiro atoms. The number of benzene rings is 1. The fourth-order valence-electron chi connectivity index (χ4n) is 3.23. The van der Waals surface area contributed by atoms with Crippen LogP contribution in [0, 0.1) is 0 Å². The van der Waals surface area contributed by atoms with E-state index in [4.69, 9.17) is 4.74 Å². The van der Waals surface area contributed by atoms with Gasteiger partial charge in [-0.15, -0.1) is 11.3 Å². The largest absolute Gasteiger partial charge is 0.462 e. The Morgan fingerprint density at radius 1 is 1.36 bits per heavy atom. The molecule has 0 saturated carbocycles. The lowest BCUT2D eigenvalue weighted by Crippen LogP contribution is -2.16. The average Bonchev–Trinajstić information content (AvgIpc) is 2.98. The Morgan fingerprint density at radius 3 is 2.86 bits per heavy atom. The van der Waals surface area contributed by atoms with Crippen molar-refractivity contribution in [2.45, 2.75) is 32.1 Å². The van der Waals surface area contributed by atoms with Gasteiger partial charge >= 0.3 is 5.97 Å². The van der Waals surface area contributed by atoms with Crippen LogP contribution in [0.2, 0.25) is 0 Å². The lowest BCUT2D eigenvalue weighted by atomic mass is 9.80.